The first kappa shape index (κ1) is 25.7. The lowest BCUT2D eigenvalue weighted by Gasteiger charge is -2.18. The molecule has 0 radical (unpaired) electrons. The van der Waals surface area contributed by atoms with Crippen LogP contribution in [0.3, 0.4) is 0 Å². The van der Waals surface area contributed by atoms with Crippen LogP contribution >= 0.6 is 11.3 Å². The zero-order valence-electron chi connectivity index (χ0n) is 19.7. The number of benzene rings is 3. The molecule has 1 amide bonds. The molecule has 0 atom stereocenters. The van der Waals surface area contributed by atoms with Crippen LogP contribution in [0, 0.1) is 0 Å². The first-order chi connectivity index (χ1) is 17.7. The van der Waals surface area contributed by atoms with Crippen molar-refractivity contribution in [3.63, 3.8) is 0 Å². The highest BCUT2D eigenvalue weighted by Gasteiger charge is 2.20. The van der Waals surface area contributed by atoms with E-state index in [9.17, 15) is 22.8 Å². The normalized spacial score (nSPS) is 11.0. The van der Waals surface area contributed by atoms with Crippen LogP contribution in [0.5, 0.6) is 0 Å². The summed E-state index contributed by atoms with van der Waals surface area (Å²) in [5.41, 5.74) is 1.88. The van der Waals surface area contributed by atoms with Gasteiger partial charge in [-0.3, -0.25) is 14.3 Å². The number of amides is 1. The topological polar surface area (TPSA) is 123 Å². The van der Waals surface area contributed by atoms with E-state index >= 15 is 0 Å². The minimum Gasteiger partial charge on any atom is -0.465 e. The third-order valence-electron chi connectivity index (χ3n) is 5.42. The predicted molar refractivity (Wildman–Crippen MR) is 140 cm³/mol. The van der Waals surface area contributed by atoms with Crippen molar-refractivity contribution in [3.8, 4) is 0 Å². The highest BCUT2D eigenvalue weighted by atomic mass is 32.2. The number of nitrogens with zero attached hydrogens (tertiary/aromatic N) is 2. The van der Waals surface area contributed by atoms with Gasteiger partial charge in [0.15, 0.2) is 5.78 Å². The van der Waals surface area contributed by atoms with E-state index in [0.29, 0.717) is 22.5 Å². The van der Waals surface area contributed by atoms with Crippen LogP contribution in [-0.4, -0.2) is 45.2 Å². The van der Waals surface area contributed by atoms with Gasteiger partial charge in [0.05, 0.1) is 12.7 Å². The number of ketones is 1. The molecular formula is C26H21N3O6S2. The third-order valence-corrected chi connectivity index (χ3v) is 8.00. The van der Waals surface area contributed by atoms with Gasteiger partial charge in [0.1, 0.15) is 0 Å². The first-order valence-electron chi connectivity index (χ1n) is 10.8. The number of thiazole rings is 1. The average molecular weight is 536 g/mol. The molecule has 0 aliphatic heterocycles. The molecule has 3 aromatic carbocycles. The quantitative estimate of drug-likeness (QED) is 0.264. The monoisotopic (exact) mass is 535 g/mol. The average Bonchev–Trinajstić information content (AvgIpc) is 3.48. The molecule has 0 aliphatic rings. The van der Waals surface area contributed by atoms with Crippen LogP contribution < -0.4 is 9.62 Å². The maximum atomic E-state index is 13.0. The zero-order valence-corrected chi connectivity index (χ0v) is 21.4. The van der Waals surface area contributed by atoms with Gasteiger partial charge in [0.25, 0.3) is 15.9 Å². The predicted octanol–water partition coefficient (Wildman–Crippen LogP) is 4.24. The summed E-state index contributed by atoms with van der Waals surface area (Å²) in [7, 11) is -0.948. The van der Waals surface area contributed by atoms with E-state index in [-0.39, 0.29) is 27.2 Å². The minimum absolute atomic E-state index is 0.0421. The van der Waals surface area contributed by atoms with E-state index in [0.717, 1.165) is 11.3 Å². The van der Waals surface area contributed by atoms with Crippen LogP contribution in [0.25, 0.3) is 0 Å². The summed E-state index contributed by atoms with van der Waals surface area (Å²) in [6, 6.07) is 18.8. The Morgan fingerprint density at radius 2 is 1.51 bits per heavy atom. The van der Waals surface area contributed by atoms with E-state index < -0.39 is 16.0 Å². The molecule has 0 bridgehead atoms. The fourth-order valence-electron chi connectivity index (χ4n) is 3.49. The Hall–Kier alpha value is -4.35. The Balaban J connectivity index is 1.47. The van der Waals surface area contributed by atoms with Crippen LogP contribution in [-0.2, 0) is 14.8 Å². The van der Waals surface area contributed by atoms with E-state index in [1.807, 2.05) is 0 Å². The van der Waals surface area contributed by atoms with Crippen molar-refractivity contribution in [3.05, 3.63) is 107 Å². The highest BCUT2D eigenvalue weighted by molar-refractivity contribution is 7.94. The van der Waals surface area contributed by atoms with Crippen LogP contribution in [0.15, 0.2) is 88.7 Å². The molecule has 4 rings (SSSR count). The van der Waals surface area contributed by atoms with Crippen molar-refractivity contribution in [2.45, 2.75) is 4.34 Å². The lowest BCUT2D eigenvalue weighted by atomic mass is 9.97. The van der Waals surface area contributed by atoms with Gasteiger partial charge in [-0.05, 0) is 42.5 Å². The SMILES string of the molecule is COC(=O)c1ccccc1C(=O)c1ccc(C(=O)N(C)c2ccc(NS(=O)(=O)c3nccs3)cc2)cc1. The van der Waals surface area contributed by atoms with Crippen molar-refractivity contribution >= 4 is 50.4 Å². The Morgan fingerprint density at radius 3 is 2.11 bits per heavy atom. The number of carbonyl (C=O) groups is 3. The van der Waals surface area contributed by atoms with Crippen molar-refractivity contribution in [1.29, 1.82) is 0 Å². The summed E-state index contributed by atoms with van der Waals surface area (Å²) >= 11 is 1.01. The van der Waals surface area contributed by atoms with Crippen LogP contribution in [0.4, 0.5) is 11.4 Å². The molecule has 0 saturated carbocycles. The summed E-state index contributed by atoms with van der Waals surface area (Å²) in [5.74, 6) is -1.31. The molecule has 11 heteroatoms. The van der Waals surface area contributed by atoms with Crippen molar-refractivity contribution in [2.75, 3.05) is 23.8 Å². The van der Waals surface area contributed by atoms with Gasteiger partial charge in [0.2, 0.25) is 4.34 Å². The second-order valence-electron chi connectivity index (χ2n) is 7.76. The minimum atomic E-state index is -3.78. The summed E-state index contributed by atoms with van der Waals surface area (Å²) < 4.78 is 31.8. The summed E-state index contributed by atoms with van der Waals surface area (Å²) in [6.45, 7) is 0. The van der Waals surface area contributed by atoms with Crippen LogP contribution in [0.2, 0.25) is 0 Å². The molecule has 4 aromatic rings. The van der Waals surface area contributed by atoms with Gasteiger partial charge in [0, 0.05) is 46.7 Å². The van der Waals surface area contributed by atoms with Crippen molar-refractivity contribution in [1.82, 2.24) is 4.98 Å². The van der Waals surface area contributed by atoms with E-state index in [1.165, 1.54) is 48.5 Å². The van der Waals surface area contributed by atoms with Gasteiger partial charge >= 0.3 is 5.97 Å². The summed E-state index contributed by atoms with van der Waals surface area (Å²) in [4.78, 5) is 43.2. The maximum Gasteiger partial charge on any atom is 0.338 e. The largest absolute Gasteiger partial charge is 0.465 e. The zero-order chi connectivity index (χ0) is 26.6. The second-order valence-corrected chi connectivity index (χ2v) is 10.5. The van der Waals surface area contributed by atoms with Gasteiger partial charge in [-0.25, -0.2) is 9.78 Å². The number of hydrogen-bond acceptors (Lipinski definition) is 8. The first-order valence-corrected chi connectivity index (χ1v) is 13.2. The Bertz CT molecular complexity index is 1550. The Kier molecular flexibility index (Phi) is 7.46. The molecule has 0 spiro atoms. The molecular weight excluding hydrogens is 514 g/mol. The molecule has 0 fully saturated rings. The molecule has 9 nitrogen and oxygen atoms in total. The van der Waals surface area contributed by atoms with Crippen LogP contribution in [0.1, 0.15) is 36.6 Å². The van der Waals surface area contributed by atoms with Gasteiger partial charge < -0.3 is 9.64 Å². The molecule has 188 valence electrons. The van der Waals surface area contributed by atoms with E-state index in [2.05, 4.69) is 9.71 Å². The number of esters is 1. The maximum absolute atomic E-state index is 13.0. The number of anilines is 2. The van der Waals surface area contributed by atoms with Gasteiger partial charge in [-0.1, -0.05) is 30.3 Å². The number of nitrogens with one attached hydrogen (secondary N) is 1. The third kappa shape index (κ3) is 5.57. The number of rotatable bonds is 8. The number of carbonyl (C=O) groups excluding carboxylic acids is 3. The highest BCUT2D eigenvalue weighted by Crippen LogP contribution is 2.23. The van der Waals surface area contributed by atoms with Crippen molar-refractivity contribution in [2.24, 2.45) is 0 Å². The lowest BCUT2D eigenvalue weighted by molar-refractivity contribution is 0.0597. The molecule has 1 N–H and O–H groups in total. The van der Waals surface area contributed by atoms with Gasteiger partial charge in [-0.2, -0.15) is 8.42 Å². The number of methoxy groups -OCH3 is 1. The number of ether oxygens (including phenoxy) is 1. The Labute approximate surface area is 217 Å². The number of hydrogen-bond donors (Lipinski definition) is 1. The smallest absolute Gasteiger partial charge is 0.338 e. The fraction of sp³-hybridized carbons (Fsp3) is 0.0769. The summed E-state index contributed by atoms with van der Waals surface area (Å²) in [6.07, 6.45) is 1.41. The van der Waals surface area contributed by atoms with E-state index in [4.69, 9.17) is 4.74 Å². The molecule has 0 saturated heterocycles. The van der Waals surface area contributed by atoms with Crippen molar-refractivity contribution < 1.29 is 27.5 Å². The lowest BCUT2D eigenvalue weighted by Crippen LogP contribution is -2.26. The summed E-state index contributed by atoms with van der Waals surface area (Å²) in [5, 5.41) is 1.57. The standard InChI is InChI=1S/C26H21N3O6S2/c1-29(20-13-11-19(12-14-20)28-37(33,34)26-27-15-16-36-26)24(31)18-9-7-17(8-10-18)23(30)21-5-3-4-6-22(21)25(32)35-2/h3-16,28H,1-2H3. The fourth-order valence-corrected chi connectivity index (χ4v) is 5.39. The number of aromatic nitrogens is 1. The number of sulfonamides is 1. The molecule has 1 aromatic heterocycles. The molecule has 37 heavy (non-hydrogen) atoms. The molecule has 0 aliphatic carbocycles. The second kappa shape index (κ2) is 10.7. The van der Waals surface area contributed by atoms with E-state index in [1.54, 1.807) is 54.9 Å². The Morgan fingerprint density at radius 1 is 0.892 bits per heavy atom. The van der Waals surface area contributed by atoms with Gasteiger partial charge in [-0.15, -0.1) is 11.3 Å². The molecule has 0 unspecified atom stereocenters. The molecule has 1 heterocycles.